The number of nitro groups is 1. The molecule has 0 saturated carbocycles. The third kappa shape index (κ3) is 4.69. The largest absolute Gasteiger partial charge is 0.451 e. The van der Waals surface area contributed by atoms with Gasteiger partial charge in [0.15, 0.2) is 6.61 Å². The molecular weight excluding hydrogens is 338 g/mol. The molecule has 1 aromatic carbocycles. The molecule has 1 amide bonds. The Morgan fingerprint density at radius 2 is 1.85 bits per heavy atom. The van der Waals surface area contributed by atoms with Crippen LogP contribution in [0.2, 0.25) is 0 Å². The second-order valence-corrected chi connectivity index (χ2v) is 5.95. The lowest BCUT2D eigenvalue weighted by Crippen LogP contribution is -2.31. The molecule has 0 spiro atoms. The van der Waals surface area contributed by atoms with E-state index in [1.807, 2.05) is 24.3 Å². The van der Waals surface area contributed by atoms with Gasteiger partial charge in [-0.25, -0.2) is 4.79 Å². The van der Waals surface area contributed by atoms with Gasteiger partial charge in [0.05, 0.1) is 11.1 Å². The van der Waals surface area contributed by atoms with E-state index in [1.165, 1.54) is 28.3 Å². The highest BCUT2D eigenvalue weighted by Crippen LogP contribution is 2.16. The lowest BCUT2D eigenvalue weighted by Gasteiger charge is -2.17. The fourth-order valence-corrected chi connectivity index (χ4v) is 2.40. The lowest BCUT2D eigenvalue weighted by molar-refractivity contribution is -0.384. The standard InChI is InChI=1S/C18H21N3O5/c1-4-13-5-7-14(8-6-13)10-20(3)17(22)12-26-18(23)16-9-15(21(24)25)11-19(16)2/h5-9,11H,4,10,12H2,1-3H3. The fraction of sp³-hybridized carbons (Fsp3) is 0.333. The molecular formula is C18H21N3O5. The fourth-order valence-electron chi connectivity index (χ4n) is 2.40. The molecule has 2 rings (SSSR count). The van der Waals surface area contributed by atoms with Gasteiger partial charge in [-0.1, -0.05) is 31.2 Å². The van der Waals surface area contributed by atoms with Crippen LogP contribution in [0.1, 0.15) is 28.5 Å². The van der Waals surface area contributed by atoms with Crippen LogP contribution in [0.15, 0.2) is 36.5 Å². The first-order valence-corrected chi connectivity index (χ1v) is 8.11. The number of ether oxygens (including phenoxy) is 1. The molecule has 0 radical (unpaired) electrons. The monoisotopic (exact) mass is 359 g/mol. The molecule has 0 fully saturated rings. The van der Waals surface area contributed by atoms with Gasteiger partial charge in [0.1, 0.15) is 5.69 Å². The number of nitrogens with zero attached hydrogens (tertiary/aromatic N) is 3. The molecule has 0 unspecified atom stereocenters. The molecule has 8 heteroatoms. The Hall–Kier alpha value is -3.16. The molecule has 138 valence electrons. The van der Waals surface area contributed by atoms with E-state index in [1.54, 1.807) is 7.05 Å². The van der Waals surface area contributed by atoms with Crippen LogP contribution >= 0.6 is 0 Å². The van der Waals surface area contributed by atoms with Gasteiger partial charge >= 0.3 is 5.97 Å². The summed E-state index contributed by atoms with van der Waals surface area (Å²) in [6.45, 7) is 2.04. The predicted octanol–water partition coefficient (Wildman–Crippen LogP) is 2.31. The van der Waals surface area contributed by atoms with Crippen molar-refractivity contribution in [3.8, 4) is 0 Å². The maximum atomic E-state index is 12.1. The number of aryl methyl sites for hydroxylation is 2. The SMILES string of the molecule is CCc1ccc(CN(C)C(=O)COC(=O)c2cc([N+](=O)[O-])cn2C)cc1. The zero-order valence-electron chi connectivity index (χ0n) is 15.0. The highest BCUT2D eigenvalue weighted by atomic mass is 16.6. The molecule has 1 heterocycles. The first-order chi connectivity index (χ1) is 12.3. The Labute approximate surface area is 151 Å². The molecule has 0 aliphatic rings. The quantitative estimate of drug-likeness (QED) is 0.429. The number of likely N-dealkylation sites (N-methyl/N-ethyl adjacent to an activating group) is 1. The minimum atomic E-state index is -0.783. The average molecular weight is 359 g/mol. The van der Waals surface area contributed by atoms with Crippen LogP contribution in [0, 0.1) is 10.1 Å². The number of aromatic nitrogens is 1. The van der Waals surface area contributed by atoms with Crippen molar-refractivity contribution >= 4 is 17.6 Å². The summed E-state index contributed by atoms with van der Waals surface area (Å²) in [6, 6.07) is 9.05. The smallest absolute Gasteiger partial charge is 0.355 e. The number of hydrogen-bond acceptors (Lipinski definition) is 5. The lowest BCUT2D eigenvalue weighted by atomic mass is 10.1. The predicted molar refractivity (Wildman–Crippen MR) is 94.6 cm³/mol. The minimum absolute atomic E-state index is 0.0160. The van der Waals surface area contributed by atoms with Crippen LogP contribution in [0.25, 0.3) is 0 Å². The third-order valence-electron chi connectivity index (χ3n) is 4.01. The van der Waals surface area contributed by atoms with Gasteiger partial charge in [-0.3, -0.25) is 14.9 Å². The summed E-state index contributed by atoms with van der Waals surface area (Å²) in [4.78, 5) is 35.8. The summed E-state index contributed by atoms with van der Waals surface area (Å²) in [5.74, 6) is -1.14. The number of amides is 1. The Kier molecular flexibility index (Phi) is 6.11. The van der Waals surface area contributed by atoms with Gasteiger partial charge in [0.2, 0.25) is 0 Å². The summed E-state index contributed by atoms with van der Waals surface area (Å²) < 4.78 is 6.28. The first kappa shape index (κ1) is 19.2. The molecule has 0 aliphatic heterocycles. The van der Waals surface area contributed by atoms with E-state index in [0.29, 0.717) is 6.54 Å². The number of benzene rings is 1. The van der Waals surface area contributed by atoms with Crippen LogP contribution in [0.5, 0.6) is 0 Å². The molecule has 1 aromatic heterocycles. The van der Waals surface area contributed by atoms with Gasteiger partial charge in [0, 0.05) is 26.7 Å². The second kappa shape index (κ2) is 8.28. The van der Waals surface area contributed by atoms with Crippen LogP contribution in [0.4, 0.5) is 5.69 Å². The third-order valence-corrected chi connectivity index (χ3v) is 4.01. The highest BCUT2D eigenvalue weighted by molar-refractivity contribution is 5.90. The van der Waals surface area contributed by atoms with Crippen molar-refractivity contribution in [2.45, 2.75) is 19.9 Å². The Bertz CT molecular complexity index is 811. The van der Waals surface area contributed by atoms with Gasteiger partial charge in [-0.15, -0.1) is 0 Å². The highest BCUT2D eigenvalue weighted by Gasteiger charge is 2.20. The summed E-state index contributed by atoms with van der Waals surface area (Å²) >= 11 is 0. The van der Waals surface area contributed by atoms with Gasteiger partial charge in [-0.05, 0) is 17.5 Å². The van der Waals surface area contributed by atoms with E-state index >= 15 is 0 Å². The van der Waals surface area contributed by atoms with Gasteiger partial charge < -0.3 is 14.2 Å². The van der Waals surface area contributed by atoms with E-state index in [2.05, 4.69) is 6.92 Å². The Balaban J connectivity index is 1.90. The number of hydrogen-bond donors (Lipinski definition) is 0. The van der Waals surface area contributed by atoms with Crippen molar-refractivity contribution in [2.24, 2.45) is 7.05 Å². The number of carbonyl (C=O) groups is 2. The van der Waals surface area contributed by atoms with E-state index in [9.17, 15) is 19.7 Å². The second-order valence-electron chi connectivity index (χ2n) is 5.95. The molecule has 0 N–H and O–H groups in total. The number of rotatable bonds is 7. The summed E-state index contributed by atoms with van der Waals surface area (Å²) in [5, 5.41) is 10.7. The minimum Gasteiger partial charge on any atom is -0.451 e. The zero-order chi connectivity index (χ0) is 19.3. The van der Waals surface area contributed by atoms with E-state index in [-0.39, 0.29) is 17.3 Å². The van der Waals surface area contributed by atoms with Crippen molar-refractivity contribution < 1.29 is 19.2 Å². The number of esters is 1. The molecule has 0 bridgehead atoms. The van der Waals surface area contributed by atoms with E-state index in [0.717, 1.165) is 18.1 Å². The van der Waals surface area contributed by atoms with E-state index in [4.69, 9.17) is 4.74 Å². The van der Waals surface area contributed by atoms with Crippen molar-refractivity contribution in [3.05, 3.63) is 63.5 Å². The number of carbonyl (C=O) groups excluding carboxylic acids is 2. The molecule has 0 saturated heterocycles. The molecule has 26 heavy (non-hydrogen) atoms. The molecule has 8 nitrogen and oxygen atoms in total. The van der Waals surface area contributed by atoms with Crippen molar-refractivity contribution in [2.75, 3.05) is 13.7 Å². The zero-order valence-corrected chi connectivity index (χ0v) is 15.0. The molecule has 2 aromatic rings. The summed E-state index contributed by atoms with van der Waals surface area (Å²) in [6.07, 6.45) is 2.16. The van der Waals surface area contributed by atoms with Crippen molar-refractivity contribution in [3.63, 3.8) is 0 Å². The average Bonchev–Trinajstić information content (AvgIpc) is 3.02. The van der Waals surface area contributed by atoms with Crippen LogP contribution in [0.3, 0.4) is 0 Å². The van der Waals surface area contributed by atoms with Crippen molar-refractivity contribution in [1.82, 2.24) is 9.47 Å². The van der Waals surface area contributed by atoms with Crippen LogP contribution in [-0.4, -0.2) is 39.9 Å². The van der Waals surface area contributed by atoms with Gasteiger partial charge in [-0.2, -0.15) is 0 Å². The summed E-state index contributed by atoms with van der Waals surface area (Å²) in [7, 11) is 3.12. The maximum absolute atomic E-state index is 12.1. The normalized spacial score (nSPS) is 10.4. The maximum Gasteiger partial charge on any atom is 0.355 e. The molecule has 0 aliphatic carbocycles. The van der Waals surface area contributed by atoms with Crippen molar-refractivity contribution in [1.29, 1.82) is 0 Å². The molecule has 0 atom stereocenters. The van der Waals surface area contributed by atoms with Crippen LogP contribution < -0.4 is 0 Å². The summed E-state index contributed by atoms with van der Waals surface area (Å²) in [5.41, 5.74) is 2.00. The topological polar surface area (TPSA) is 94.7 Å². The Morgan fingerprint density at radius 3 is 2.38 bits per heavy atom. The first-order valence-electron chi connectivity index (χ1n) is 8.11. The van der Waals surface area contributed by atoms with Crippen LogP contribution in [-0.2, 0) is 29.5 Å². The van der Waals surface area contributed by atoms with E-state index < -0.39 is 17.5 Å². The van der Waals surface area contributed by atoms with Gasteiger partial charge in [0.25, 0.3) is 11.6 Å². The Morgan fingerprint density at radius 1 is 1.23 bits per heavy atom.